The van der Waals surface area contributed by atoms with E-state index in [2.05, 4.69) is 11.9 Å². The largest absolute Gasteiger partial charge is 0.373 e. The van der Waals surface area contributed by atoms with Crippen LogP contribution in [0.3, 0.4) is 0 Å². The summed E-state index contributed by atoms with van der Waals surface area (Å²) in [5.41, 5.74) is 0. The SMILES string of the molecule is CC1CCC(N(C)c2nc3sccn3c2[N+](=O)[O-])CC1. The maximum absolute atomic E-state index is 11.4. The number of fused-ring (bicyclic) bond motifs is 1. The zero-order valence-corrected chi connectivity index (χ0v) is 12.5. The minimum atomic E-state index is -0.329. The molecule has 3 rings (SSSR count). The third kappa shape index (κ3) is 2.15. The Labute approximate surface area is 121 Å². The van der Waals surface area contributed by atoms with Crippen molar-refractivity contribution in [3.63, 3.8) is 0 Å². The third-order valence-corrected chi connectivity index (χ3v) is 5.02. The number of rotatable bonds is 3. The molecule has 2 aromatic heterocycles. The van der Waals surface area contributed by atoms with Crippen LogP contribution in [0.2, 0.25) is 0 Å². The van der Waals surface area contributed by atoms with Gasteiger partial charge in [-0.15, -0.1) is 0 Å². The summed E-state index contributed by atoms with van der Waals surface area (Å²) < 4.78 is 1.57. The Morgan fingerprint density at radius 1 is 1.45 bits per heavy atom. The molecule has 0 aliphatic heterocycles. The van der Waals surface area contributed by atoms with Crippen LogP contribution in [-0.4, -0.2) is 27.4 Å². The van der Waals surface area contributed by atoms with E-state index in [0.717, 1.165) is 18.8 Å². The fourth-order valence-electron chi connectivity index (χ4n) is 2.97. The number of hydrogen-bond acceptors (Lipinski definition) is 5. The normalized spacial score (nSPS) is 23.1. The number of imidazole rings is 1. The number of aromatic nitrogens is 2. The number of thiazole rings is 1. The molecule has 1 saturated carbocycles. The van der Waals surface area contributed by atoms with Crippen molar-refractivity contribution in [1.29, 1.82) is 0 Å². The topological polar surface area (TPSA) is 63.7 Å². The molecule has 20 heavy (non-hydrogen) atoms. The Morgan fingerprint density at radius 3 is 2.80 bits per heavy atom. The van der Waals surface area contributed by atoms with Crippen LogP contribution in [0.25, 0.3) is 4.96 Å². The minimum absolute atomic E-state index is 0.0855. The van der Waals surface area contributed by atoms with Crippen LogP contribution in [0.1, 0.15) is 32.6 Å². The molecule has 0 radical (unpaired) electrons. The second kappa shape index (κ2) is 5.05. The predicted molar refractivity (Wildman–Crippen MR) is 79.5 cm³/mol. The summed E-state index contributed by atoms with van der Waals surface area (Å²) in [4.78, 5) is 18.2. The molecular formula is C13H18N4O2S. The smallest absolute Gasteiger partial charge is 0.358 e. The van der Waals surface area contributed by atoms with E-state index in [-0.39, 0.29) is 10.7 Å². The first kappa shape index (κ1) is 13.4. The van der Waals surface area contributed by atoms with Crippen LogP contribution >= 0.6 is 11.3 Å². The first-order chi connectivity index (χ1) is 9.58. The van der Waals surface area contributed by atoms with E-state index < -0.39 is 0 Å². The van der Waals surface area contributed by atoms with Gasteiger partial charge in [0.1, 0.15) is 6.20 Å². The van der Waals surface area contributed by atoms with Crippen LogP contribution in [-0.2, 0) is 0 Å². The molecule has 0 amide bonds. The van der Waals surface area contributed by atoms with Crippen LogP contribution in [0, 0.1) is 16.0 Å². The van der Waals surface area contributed by atoms with Crippen LogP contribution < -0.4 is 4.90 Å². The number of nitrogens with zero attached hydrogens (tertiary/aromatic N) is 4. The maximum Gasteiger partial charge on any atom is 0.373 e. The Hall–Kier alpha value is -1.63. The highest BCUT2D eigenvalue weighted by Gasteiger charge is 2.31. The molecule has 6 nitrogen and oxygen atoms in total. The summed E-state index contributed by atoms with van der Waals surface area (Å²) in [6.07, 6.45) is 6.25. The number of anilines is 1. The Morgan fingerprint density at radius 2 is 2.15 bits per heavy atom. The fraction of sp³-hybridized carbons (Fsp3) is 0.615. The summed E-state index contributed by atoms with van der Waals surface area (Å²) in [6.45, 7) is 2.27. The van der Waals surface area contributed by atoms with Crippen molar-refractivity contribution < 1.29 is 4.92 Å². The van der Waals surface area contributed by atoms with Gasteiger partial charge < -0.3 is 15.0 Å². The lowest BCUT2D eigenvalue weighted by Crippen LogP contribution is -2.35. The van der Waals surface area contributed by atoms with Gasteiger partial charge in [-0.3, -0.25) is 0 Å². The summed E-state index contributed by atoms with van der Waals surface area (Å²) in [7, 11) is 1.93. The van der Waals surface area contributed by atoms with Crippen LogP contribution in [0.5, 0.6) is 0 Å². The van der Waals surface area contributed by atoms with Crippen LogP contribution in [0.15, 0.2) is 11.6 Å². The van der Waals surface area contributed by atoms with Crippen molar-refractivity contribution in [1.82, 2.24) is 9.38 Å². The Kier molecular flexibility index (Phi) is 3.37. The van der Waals surface area contributed by atoms with E-state index >= 15 is 0 Å². The van der Waals surface area contributed by atoms with Crippen molar-refractivity contribution >= 4 is 27.9 Å². The summed E-state index contributed by atoms with van der Waals surface area (Å²) in [6, 6.07) is 0.356. The molecule has 1 aliphatic carbocycles. The maximum atomic E-state index is 11.4. The molecule has 0 spiro atoms. The highest BCUT2D eigenvalue weighted by molar-refractivity contribution is 7.15. The van der Waals surface area contributed by atoms with E-state index in [0.29, 0.717) is 16.8 Å². The van der Waals surface area contributed by atoms with Gasteiger partial charge in [-0.05, 0) is 36.5 Å². The third-order valence-electron chi connectivity index (χ3n) is 4.26. The lowest BCUT2D eigenvalue weighted by molar-refractivity contribution is -0.389. The molecule has 2 heterocycles. The van der Waals surface area contributed by atoms with E-state index in [1.54, 1.807) is 10.6 Å². The number of nitro groups is 1. The van der Waals surface area contributed by atoms with Gasteiger partial charge in [0.05, 0.1) is 0 Å². The van der Waals surface area contributed by atoms with Crippen molar-refractivity contribution in [3.05, 3.63) is 21.7 Å². The van der Waals surface area contributed by atoms with Crippen molar-refractivity contribution in [3.8, 4) is 0 Å². The van der Waals surface area contributed by atoms with Gasteiger partial charge in [-0.2, -0.15) is 9.38 Å². The second-order valence-corrected chi connectivity index (χ2v) is 6.47. The zero-order chi connectivity index (χ0) is 14.3. The molecule has 0 N–H and O–H groups in total. The summed E-state index contributed by atoms with van der Waals surface area (Å²) >= 11 is 1.42. The van der Waals surface area contributed by atoms with E-state index in [9.17, 15) is 10.1 Å². The highest BCUT2D eigenvalue weighted by atomic mass is 32.1. The number of hydrogen-bond donors (Lipinski definition) is 0. The molecule has 0 saturated heterocycles. The molecule has 108 valence electrons. The first-order valence-electron chi connectivity index (χ1n) is 6.90. The molecule has 1 fully saturated rings. The van der Waals surface area contributed by atoms with Gasteiger partial charge in [0.15, 0.2) is 0 Å². The van der Waals surface area contributed by atoms with Gasteiger partial charge in [0, 0.05) is 18.5 Å². The quantitative estimate of drug-likeness (QED) is 0.643. The Bertz CT molecular complexity index is 627. The molecule has 1 aliphatic rings. The van der Waals surface area contributed by atoms with E-state index in [1.165, 1.54) is 24.2 Å². The molecule has 7 heteroatoms. The van der Waals surface area contributed by atoms with E-state index in [1.807, 2.05) is 17.3 Å². The molecule has 0 bridgehead atoms. The van der Waals surface area contributed by atoms with Gasteiger partial charge in [-0.25, -0.2) is 0 Å². The zero-order valence-electron chi connectivity index (χ0n) is 11.7. The summed E-state index contributed by atoms with van der Waals surface area (Å²) in [5, 5.41) is 13.2. The van der Waals surface area contributed by atoms with Crippen LogP contribution in [0.4, 0.5) is 11.6 Å². The molecule has 0 atom stereocenters. The average molecular weight is 294 g/mol. The molecule has 0 unspecified atom stereocenters. The van der Waals surface area contributed by atoms with Gasteiger partial charge in [0.25, 0.3) is 4.96 Å². The lowest BCUT2D eigenvalue weighted by atomic mass is 9.87. The summed E-state index contributed by atoms with van der Waals surface area (Å²) in [5.74, 6) is 1.35. The van der Waals surface area contributed by atoms with Gasteiger partial charge in [-0.1, -0.05) is 18.3 Å². The predicted octanol–water partition coefficient (Wildman–Crippen LogP) is 3.32. The standard InChI is InChI=1S/C13H18N4O2S/c1-9-3-5-10(6-4-9)15(2)11-12(17(18)19)16-7-8-20-13(16)14-11/h7-10H,3-6H2,1-2H3. The second-order valence-electron chi connectivity index (χ2n) is 5.60. The van der Waals surface area contributed by atoms with Crippen molar-refractivity contribution in [2.75, 3.05) is 11.9 Å². The van der Waals surface area contributed by atoms with Crippen molar-refractivity contribution in [2.45, 2.75) is 38.6 Å². The first-order valence-corrected chi connectivity index (χ1v) is 7.78. The molecule has 2 aromatic rings. The van der Waals surface area contributed by atoms with Gasteiger partial charge >= 0.3 is 5.82 Å². The lowest BCUT2D eigenvalue weighted by Gasteiger charge is -2.33. The minimum Gasteiger partial charge on any atom is -0.358 e. The Balaban J connectivity index is 1.94. The van der Waals surface area contributed by atoms with Gasteiger partial charge in [0.2, 0.25) is 5.82 Å². The average Bonchev–Trinajstić information content (AvgIpc) is 2.97. The molecular weight excluding hydrogens is 276 g/mol. The molecule has 0 aromatic carbocycles. The fourth-order valence-corrected chi connectivity index (χ4v) is 3.68. The van der Waals surface area contributed by atoms with Crippen molar-refractivity contribution in [2.24, 2.45) is 5.92 Å². The highest BCUT2D eigenvalue weighted by Crippen LogP contribution is 2.35. The van der Waals surface area contributed by atoms with E-state index in [4.69, 9.17) is 0 Å². The monoisotopic (exact) mass is 294 g/mol.